The predicted molar refractivity (Wildman–Crippen MR) is 88.9 cm³/mol. The zero-order valence-corrected chi connectivity index (χ0v) is 12.7. The fourth-order valence-corrected chi connectivity index (χ4v) is 2.90. The van der Waals surface area contributed by atoms with E-state index in [-0.39, 0.29) is 12.1 Å². The Balaban J connectivity index is 2.06. The maximum Gasteiger partial charge on any atom is 0.144 e. The van der Waals surface area contributed by atoms with Crippen molar-refractivity contribution in [2.24, 2.45) is 5.10 Å². The molecule has 1 saturated heterocycles. The van der Waals surface area contributed by atoms with Crippen molar-refractivity contribution in [2.45, 2.75) is 31.8 Å². The third-order valence-electron chi connectivity index (χ3n) is 4.14. The molecule has 0 aromatic heterocycles. The highest BCUT2D eigenvalue weighted by atomic mass is 16.1. The second-order valence-electron chi connectivity index (χ2n) is 5.69. The van der Waals surface area contributed by atoms with Crippen molar-refractivity contribution in [1.29, 1.82) is 0 Å². The zero-order valence-electron chi connectivity index (χ0n) is 12.7. The van der Waals surface area contributed by atoms with Gasteiger partial charge in [-0.25, -0.2) is 0 Å². The SMILES string of the molecule is CC1CCC(C=O)N1N=C(c1ccccc1)c1ccccc1. The van der Waals surface area contributed by atoms with Gasteiger partial charge in [-0.1, -0.05) is 60.7 Å². The first-order chi connectivity index (χ1) is 10.8. The fourth-order valence-electron chi connectivity index (χ4n) is 2.90. The van der Waals surface area contributed by atoms with Crippen molar-refractivity contribution >= 4 is 12.0 Å². The van der Waals surface area contributed by atoms with Gasteiger partial charge in [0.05, 0.1) is 5.71 Å². The molecule has 3 nitrogen and oxygen atoms in total. The van der Waals surface area contributed by atoms with Gasteiger partial charge >= 0.3 is 0 Å². The number of carbonyl (C=O) groups excluding carboxylic acids is 1. The fraction of sp³-hybridized carbons (Fsp3) is 0.263. The van der Waals surface area contributed by atoms with Gasteiger partial charge in [0, 0.05) is 17.2 Å². The highest BCUT2D eigenvalue weighted by Crippen LogP contribution is 2.24. The Hall–Kier alpha value is -2.42. The molecule has 0 N–H and O–H groups in total. The van der Waals surface area contributed by atoms with E-state index in [4.69, 9.17) is 5.10 Å². The van der Waals surface area contributed by atoms with Crippen molar-refractivity contribution < 1.29 is 4.79 Å². The summed E-state index contributed by atoms with van der Waals surface area (Å²) in [6.45, 7) is 2.13. The lowest BCUT2D eigenvalue weighted by Gasteiger charge is -2.23. The number of aldehydes is 1. The minimum atomic E-state index is -0.113. The molecule has 1 fully saturated rings. The van der Waals surface area contributed by atoms with E-state index in [2.05, 4.69) is 31.2 Å². The van der Waals surface area contributed by atoms with E-state index in [1.807, 2.05) is 41.4 Å². The van der Waals surface area contributed by atoms with E-state index in [9.17, 15) is 4.79 Å². The summed E-state index contributed by atoms with van der Waals surface area (Å²) < 4.78 is 0. The van der Waals surface area contributed by atoms with Gasteiger partial charge in [0.25, 0.3) is 0 Å². The topological polar surface area (TPSA) is 32.7 Å². The highest BCUT2D eigenvalue weighted by Gasteiger charge is 2.29. The Labute approximate surface area is 131 Å². The molecular weight excluding hydrogens is 272 g/mol. The first-order valence-corrected chi connectivity index (χ1v) is 7.72. The maximum absolute atomic E-state index is 11.3. The first-order valence-electron chi connectivity index (χ1n) is 7.72. The van der Waals surface area contributed by atoms with E-state index in [1.54, 1.807) is 0 Å². The van der Waals surface area contributed by atoms with Crippen LogP contribution in [0.2, 0.25) is 0 Å². The standard InChI is InChI=1S/C19H20N2O/c1-15-12-13-18(14-22)21(15)20-19(16-8-4-2-5-9-16)17-10-6-3-7-11-17/h2-11,14-15,18H,12-13H2,1H3. The summed E-state index contributed by atoms with van der Waals surface area (Å²) in [5.74, 6) is 0. The highest BCUT2D eigenvalue weighted by molar-refractivity contribution is 6.12. The number of benzene rings is 2. The summed E-state index contributed by atoms with van der Waals surface area (Å²) in [7, 11) is 0. The first kappa shape index (κ1) is 14.5. The molecule has 0 spiro atoms. The Morgan fingerprint density at radius 2 is 1.55 bits per heavy atom. The third-order valence-corrected chi connectivity index (χ3v) is 4.14. The van der Waals surface area contributed by atoms with Gasteiger partial charge in [0.2, 0.25) is 0 Å². The molecule has 0 amide bonds. The molecule has 112 valence electrons. The van der Waals surface area contributed by atoms with Crippen molar-refractivity contribution in [3.63, 3.8) is 0 Å². The number of rotatable bonds is 4. The molecule has 0 radical (unpaired) electrons. The number of hydrogen-bond acceptors (Lipinski definition) is 3. The van der Waals surface area contributed by atoms with Gasteiger partial charge in [0.1, 0.15) is 12.3 Å². The smallest absolute Gasteiger partial charge is 0.144 e. The van der Waals surface area contributed by atoms with Crippen molar-refractivity contribution in [1.82, 2.24) is 5.01 Å². The van der Waals surface area contributed by atoms with E-state index < -0.39 is 0 Å². The van der Waals surface area contributed by atoms with Crippen LogP contribution >= 0.6 is 0 Å². The molecule has 0 bridgehead atoms. The van der Waals surface area contributed by atoms with Crippen molar-refractivity contribution in [3.05, 3.63) is 71.8 Å². The largest absolute Gasteiger partial charge is 0.301 e. The zero-order chi connectivity index (χ0) is 15.4. The van der Waals surface area contributed by atoms with Crippen LogP contribution in [-0.2, 0) is 4.79 Å². The molecule has 1 aliphatic rings. The molecule has 3 rings (SSSR count). The Kier molecular flexibility index (Phi) is 4.33. The minimum absolute atomic E-state index is 0.113. The molecule has 1 aliphatic heterocycles. The summed E-state index contributed by atoms with van der Waals surface area (Å²) in [6, 6.07) is 20.5. The van der Waals surface area contributed by atoms with Crippen LogP contribution in [0.4, 0.5) is 0 Å². The van der Waals surface area contributed by atoms with Crippen LogP contribution in [0.5, 0.6) is 0 Å². The normalized spacial score (nSPS) is 20.7. The van der Waals surface area contributed by atoms with Gasteiger partial charge < -0.3 is 4.79 Å². The average molecular weight is 292 g/mol. The van der Waals surface area contributed by atoms with Crippen LogP contribution in [0.15, 0.2) is 65.8 Å². The second-order valence-corrected chi connectivity index (χ2v) is 5.69. The van der Waals surface area contributed by atoms with Gasteiger partial charge in [-0.3, -0.25) is 5.01 Å². The van der Waals surface area contributed by atoms with E-state index in [1.165, 1.54) is 0 Å². The predicted octanol–water partition coefficient (Wildman–Crippen LogP) is 3.49. The Morgan fingerprint density at radius 1 is 1.00 bits per heavy atom. The van der Waals surface area contributed by atoms with Crippen LogP contribution < -0.4 is 0 Å². The van der Waals surface area contributed by atoms with E-state index in [0.29, 0.717) is 0 Å². The summed E-state index contributed by atoms with van der Waals surface area (Å²) in [6.07, 6.45) is 2.90. The van der Waals surface area contributed by atoms with Crippen LogP contribution in [0, 0.1) is 0 Å². The lowest BCUT2D eigenvalue weighted by Crippen LogP contribution is -2.32. The summed E-state index contributed by atoms with van der Waals surface area (Å²) in [5.41, 5.74) is 3.05. The lowest BCUT2D eigenvalue weighted by atomic mass is 10.0. The Morgan fingerprint density at radius 3 is 2.05 bits per heavy atom. The molecule has 2 unspecified atom stereocenters. The molecular formula is C19H20N2O. The van der Waals surface area contributed by atoms with Gasteiger partial charge in [-0.2, -0.15) is 5.10 Å². The van der Waals surface area contributed by atoms with Gasteiger partial charge in [-0.05, 0) is 19.8 Å². The van der Waals surface area contributed by atoms with Crippen LogP contribution in [-0.4, -0.2) is 29.1 Å². The van der Waals surface area contributed by atoms with E-state index in [0.717, 1.165) is 36.0 Å². The molecule has 0 aliphatic carbocycles. The average Bonchev–Trinajstić information content (AvgIpc) is 2.94. The second kappa shape index (κ2) is 6.56. The summed E-state index contributed by atoms with van der Waals surface area (Å²) in [5, 5.41) is 6.83. The quantitative estimate of drug-likeness (QED) is 0.638. The lowest BCUT2D eigenvalue weighted by molar-refractivity contribution is -0.111. The van der Waals surface area contributed by atoms with Gasteiger partial charge in [-0.15, -0.1) is 0 Å². The number of carbonyl (C=O) groups is 1. The molecule has 2 atom stereocenters. The number of hydrazone groups is 1. The molecule has 1 heterocycles. The minimum Gasteiger partial charge on any atom is -0.301 e. The van der Waals surface area contributed by atoms with Crippen LogP contribution in [0.25, 0.3) is 0 Å². The van der Waals surface area contributed by atoms with Gasteiger partial charge in [0.15, 0.2) is 0 Å². The summed E-state index contributed by atoms with van der Waals surface area (Å²) in [4.78, 5) is 11.3. The van der Waals surface area contributed by atoms with Crippen molar-refractivity contribution in [2.75, 3.05) is 0 Å². The summed E-state index contributed by atoms with van der Waals surface area (Å²) >= 11 is 0. The van der Waals surface area contributed by atoms with Crippen LogP contribution in [0.3, 0.4) is 0 Å². The van der Waals surface area contributed by atoms with Crippen molar-refractivity contribution in [3.8, 4) is 0 Å². The van der Waals surface area contributed by atoms with E-state index >= 15 is 0 Å². The maximum atomic E-state index is 11.3. The molecule has 2 aromatic rings. The number of hydrogen-bond donors (Lipinski definition) is 0. The molecule has 2 aromatic carbocycles. The number of nitrogens with zero attached hydrogens (tertiary/aromatic N) is 2. The molecule has 22 heavy (non-hydrogen) atoms. The third kappa shape index (κ3) is 2.93. The molecule has 0 saturated carbocycles. The Bertz CT molecular complexity index is 610. The monoisotopic (exact) mass is 292 g/mol. The van der Waals surface area contributed by atoms with Crippen LogP contribution in [0.1, 0.15) is 30.9 Å². The molecule has 3 heteroatoms.